The maximum atomic E-state index is 11.1. The Hall–Kier alpha value is -3.58. The lowest BCUT2D eigenvalue weighted by atomic mass is 9.96. The molecule has 0 spiro atoms. The van der Waals surface area contributed by atoms with E-state index in [4.69, 9.17) is 14.2 Å². The van der Waals surface area contributed by atoms with Crippen molar-refractivity contribution in [2.45, 2.75) is 43.7 Å². The fourth-order valence-corrected chi connectivity index (χ4v) is 6.49. The molecule has 7 N–H and O–H groups in total. The number of hydrogen-bond acceptors (Lipinski definition) is 9. The number of aromatic hydroxyl groups is 1. The van der Waals surface area contributed by atoms with Crippen molar-refractivity contribution in [3.63, 3.8) is 0 Å². The molecule has 0 bridgehead atoms. The number of hydrogen-bond donors (Lipinski definition) is 7. The average Bonchev–Trinajstić information content (AvgIpc) is 3.69. The summed E-state index contributed by atoms with van der Waals surface area (Å²) in [6, 6.07) is 8.85. The van der Waals surface area contributed by atoms with Gasteiger partial charge in [0.1, 0.15) is 30.2 Å². The average molecular weight is 520 g/mol. The van der Waals surface area contributed by atoms with E-state index in [9.17, 15) is 25.5 Å². The number of aromatic nitrogens is 2. The number of phenols is 1. The van der Waals surface area contributed by atoms with Crippen molar-refractivity contribution in [1.29, 1.82) is 0 Å². The van der Waals surface area contributed by atoms with Gasteiger partial charge in [-0.05, 0) is 35.4 Å². The zero-order chi connectivity index (χ0) is 25.9. The summed E-state index contributed by atoms with van der Waals surface area (Å²) in [7, 11) is 0. The van der Waals surface area contributed by atoms with Gasteiger partial charge in [-0.1, -0.05) is 0 Å². The van der Waals surface area contributed by atoms with Crippen LogP contribution in [0.2, 0.25) is 0 Å². The Morgan fingerprint density at radius 2 is 1.66 bits per heavy atom. The van der Waals surface area contributed by atoms with Crippen molar-refractivity contribution < 1.29 is 39.7 Å². The van der Waals surface area contributed by atoms with E-state index in [0.717, 1.165) is 43.7 Å². The van der Waals surface area contributed by atoms with Crippen molar-refractivity contribution in [1.82, 2.24) is 14.9 Å². The predicted molar refractivity (Wildman–Crippen MR) is 136 cm³/mol. The lowest BCUT2D eigenvalue weighted by Crippen LogP contribution is -2.56. The molecule has 3 aromatic carbocycles. The number of rotatable bonds is 2. The first-order valence-corrected chi connectivity index (χ1v) is 12.5. The number of nitrogens with one attached hydrogen (secondary N) is 2. The standard InChI is InChI=1S/C27H25N3O8/c31-8-19-24(33)25(34)26(35)27(38-19)30-16-2-1-10(32)3-12(16)21-14-7-28-6-13(14)20-11-4-17-18(37-9-36-17)5-15(11)29-22(20)23(21)30/h1-5,19,24-29,31-35H,6-9H2/t19-,24-,25+,26-,27-/m1/s1. The van der Waals surface area contributed by atoms with Gasteiger partial charge in [-0.25, -0.2) is 0 Å². The van der Waals surface area contributed by atoms with E-state index in [1.807, 2.05) is 12.1 Å². The first kappa shape index (κ1) is 22.4. The molecule has 0 amide bonds. The Kier molecular flexibility index (Phi) is 4.56. The number of benzene rings is 3. The Morgan fingerprint density at radius 3 is 2.45 bits per heavy atom. The molecule has 196 valence electrons. The van der Waals surface area contributed by atoms with Crippen LogP contribution >= 0.6 is 0 Å². The zero-order valence-electron chi connectivity index (χ0n) is 20.0. The van der Waals surface area contributed by atoms with Crippen LogP contribution in [0.15, 0.2) is 30.3 Å². The first-order chi connectivity index (χ1) is 18.5. The van der Waals surface area contributed by atoms with E-state index >= 15 is 0 Å². The van der Waals surface area contributed by atoms with Crippen LogP contribution in [0.5, 0.6) is 17.2 Å². The third-order valence-corrected chi connectivity index (χ3v) is 8.21. The normalized spacial score (nSPS) is 26.8. The maximum Gasteiger partial charge on any atom is 0.231 e. The van der Waals surface area contributed by atoms with Gasteiger partial charge in [0.2, 0.25) is 6.79 Å². The van der Waals surface area contributed by atoms with Gasteiger partial charge in [0.25, 0.3) is 0 Å². The smallest absolute Gasteiger partial charge is 0.231 e. The predicted octanol–water partition coefficient (Wildman–Crippen LogP) is 1.44. The summed E-state index contributed by atoms with van der Waals surface area (Å²) in [5.41, 5.74) is 5.19. The molecule has 0 unspecified atom stereocenters. The zero-order valence-corrected chi connectivity index (χ0v) is 20.0. The van der Waals surface area contributed by atoms with Gasteiger partial charge < -0.3 is 54.6 Å². The Balaban J connectivity index is 1.54. The van der Waals surface area contributed by atoms with Gasteiger partial charge in [0.15, 0.2) is 17.7 Å². The molecule has 1 fully saturated rings. The largest absolute Gasteiger partial charge is 0.508 e. The molecule has 3 aliphatic rings. The van der Waals surface area contributed by atoms with E-state index in [-0.39, 0.29) is 12.5 Å². The summed E-state index contributed by atoms with van der Waals surface area (Å²) in [6.07, 6.45) is -6.71. The van der Waals surface area contributed by atoms with E-state index in [1.54, 1.807) is 22.8 Å². The minimum atomic E-state index is -1.54. The number of phenolic OH excluding ortho intramolecular Hbond substituents is 1. The Labute approximate surface area is 214 Å². The summed E-state index contributed by atoms with van der Waals surface area (Å²) in [5, 5.41) is 59.6. The van der Waals surface area contributed by atoms with Crippen LogP contribution in [0.4, 0.5) is 0 Å². The van der Waals surface area contributed by atoms with Crippen molar-refractivity contribution in [3.8, 4) is 17.2 Å². The monoisotopic (exact) mass is 519 g/mol. The van der Waals surface area contributed by atoms with Crippen molar-refractivity contribution in [2.75, 3.05) is 13.4 Å². The van der Waals surface area contributed by atoms with E-state index in [2.05, 4.69) is 10.3 Å². The van der Waals surface area contributed by atoms with Gasteiger partial charge in [-0.2, -0.15) is 0 Å². The van der Waals surface area contributed by atoms with Crippen molar-refractivity contribution in [2.24, 2.45) is 0 Å². The number of aliphatic hydroxyl groups is 4. The summed E-state index contributed by atoms with van der Waals surface area (Å²) >= 11 is 0. The van der Waals surface area contributed by atoms with Gasteiger partial charge in [0.05, 0.1) is 28.7 Å². The first-order valence-electron chi connectivity index (χ1n) is 12.5. The van der Waals surface area contributed by atoms with E-state index in [0.29, 0.717) is 35.6 Å². The number of ether oxygens (including phenoxy) is 3. The van der Waals surface area contributed by atoms with E-state index in [1.165, 1.54) is 0 Å². The molecule has 5 heterocycles. The number of aromatic amines is 1. The highest BCUT2D eigenvalue weighted by atomic mass is 16.7. The Morgan fingerprint density at radius 1 is 0.895 bits per heavy atom. The SMILES string of the molecule is OC[C@H]1O[C@@H](n2c3ccc(O)cc3c3c4c(c5c6cc7c(cc6[nH]c5c32)OCO7)CNC4)[C@H](O)[C@@H](O)[C@@H]1O. The number of fused-ring (bicyclic) bond motifs is 11. The molecular formula is C27H25N3O8. The minimum absolute atomic E-state index is 0.0903. The van der Waals surface area contributed by atoms with Gasteiger partial charge >= 0.3 is 0 Å². The number of H-pyrrole nitrogens is 1. The molecular weight excluding hydrogens is 494 g/mol. The number of aliphatic hydroxyl groups excluding tert-OH is 4. The molecule has 11 nitrogen and oxygen atoms in total. The van der Waals surface area contributed by atoms with Crippen molar-refractivity contribution >= 4 is 43.6 Å². The molecule has 2 aromatic heterocycles. The third kappa shape index (κ3) is 2.77. The Bertz CT molecular complexity index is 1790. The van der Waals surface area contributed by atoms with Crippen LogP contribution in [0.3, 0.4) is 0 Å². The summed E-state index contributed by atoms with van der Waals surface area (Å²) in [4.78, 5) is 3.55. The maximum absolute atomic E-state index is 11.1. The van der Waals surface area contributed by atoms with Crippen LogP contribution in [0.25, 0.3) is 43.6 Å². The fourth-order valence-electron chi connectivity index (χ4n) is 6.49. The van der Waals surface area contributed by atoms with Crippen LogP contribution in [0, 0.1) is 0 Å². The highest BCUT2D eigenvalue weighted by Gasteiger charge is 2.45. The molecule has 5 aromatic rings. The van der Waals surface area contributed by atoms with E-state index < -0.39 is 37.3 Å². The quantitative estimate of drug-likeness (QED) is 0.183. The highest BCUT2D eigenvalue weighted by Crippen LogP contribution is 2.48. The molecule has 38 heavy (non-hydrogen) atoms. The molecule has 1 saturated heterocycles. The minimum Gasteiger partial charge on any atom is -0.508 e. The molecule has 0 radical (unpaired) electrons. The lowest BCUT2D eigenvalue weighted by Gasteiger charge is -2.41. The van der Waals surface area contributed by atoms with Gasteiger partial charge in [0, 0.05) is 40.7 Å². The summed E-state index contributed by atoms with van der Waals surface area (Å²) < 4.78 is 19.1. The fraction of sp³-hybridized carbons (Fsp3) is 0.333. The topological polar surface area (TPSA) is 162 Å². The highest BCUT2D eigenvalue weighted by molar-refractivity contribution is 6.25. The van der Waals surface area contributed by atoms with Crippen LogP contribution in [-0.2, 0) is 17.8 Å². The van der Waals surface area contributed by atoms with Crippen molar-refractivity contribution in [3.05, 3.63) is 41.5 Å². The summed E-state index contributed by atoms with van der Waals surface area (Å²) in [5.74, 6) is 1.40. The summed E-state index contributed by atoms with van der Waals surface area (Å²) in [6.45, 7) is 0.877. The van der Waals surface area contributed by atoms with Crippen LogP contribution in [0.1, 0.15) is 17.4 Å². The van der Waals surface area contributed by atoms with Crippen LogP contribution in [-0.4, -0.2) is 72.9 Å². The molecule has 0 aliphatic carbocycles. The third-order valence-electron chi connectivity index (χ3n) is 8.21. The van der Waals surface area contributed by atoms with Gasteiger partial charge in [-0.15, -0.1) is 0 Å². The lowest BCUT2D eigenvalue weighted by molar-refractivity contribution is -0.249. The second-order valence-corrected chi connectivity index (χ2v) is 10.2. The molecule has 8 rings (SSSR count). The molecule has 0 saturated carbocycles. The molecule has 5 atom stereocenters. The second kappa shape index (κ2) is 7.73. The second-order valence-electron chi connectivity index (χ2n) is 10.2. The molecule has 11 heteroatoms. The van der Waals surface area contributed by atoms with Crippen LogP contribution < -0.4 is 14.8 Å². The van der Waals surface area contributed by atoms with Gasteiger partial charge in [-0.3, -0.25) is 0 Å². The molecule has 3 aliphatic heterocycles. The number of nitrogens with zero attached hydrogens (tertiary/aromatic N) is 1.